The number of rotatable bonds is 5. The monoisotopic (exact) mass is 287 g/mol. The Morgan fingerprint density at radius 2 is 1.76 bits per heavy atom. The third-order valence-corrected chi connectivity index (χ3v) is 5.24. The van der Waals surface area contributed by atoms with Crippen LogP contribution in [0.1, 0.15) is 25.7 Å². The molecule has 2 unspecified atom stereocenters. The fourth-order valence-electron chi connectivity index (χ4n) is 3.58. The van der Waals surface area contributed by atoms with E-state index in [4.69, 9.17) is 0 Å². The van der Waals surface area contributed by atoms with Crippen LogP contribution in [0.5, 0.6) is 0 Å². The van der Waals surface area contributed by atoms with E-state index in [0.717, 1.165) is 50.1 Å². The molecule has 3 aliphatic rings. The van der Waals surface area contributed by atoms with E-state index in [2.05, 4.69) is 25.1 Å². The van der Waals surface area contributed by atoms with Crippen LogP contribution in [0.15, 0.2) is 18.5 Å². The van der Waals surface area contributed by atoms with Crippen LogP contribution in [0.2, 0.25) is 0 Å². The van der Waals surface area contributed by atoms with E-state index in [1.165, 1.54) is 32.2 Å². The maximum atomic E-state index is 4.36. The first-order valence-electron chi connectivity index (χ1n) is 8.39. The highest BCUT2D eigenvalue weighted by molar-refractivity contribution is 5.29. The molecule has 0 aromatic carbocycles. The third-order valence-electron chi connectivity index (χ3n) is 5.24. The molecule has 2 saturated carbocycles. The summed E-state index contributed by atoms with van der Waals surface area (Å²) in [7, 11) is 0. The Bertz CT molecular complexity index is 453. The van der Waals surface area contributed by atoms with E-state index in [9.17, 15) is 0 Å². The topological polar surface area (TPSA) is 44.3 Å². The van der Waals surface area contributed by atoms with Gasteiger partial charge in [-0.3, -0.25) is 4.90 Å². The van der Waals surface area contributed by atoms with Crippen molar-refractivity contribution in [1.29, 1.82) is 0 Å². The van der Waals surface area contributed by atoms with E-state index in [-0.39, 0.29) is 0 Å². The first kappa shape index (κ1) is 13.5. The summed E-state index contributed by atoms with van der Waals surface area (Å²) < 4.78 is 0. The van der Waals surface area contributed by atoms with Crippen LogP contribution in [-0.4, -0.2) is 59.7 Å². The Labute approximate surface area is 126 Å². The second-order valence-corrected chi connectivity index (χ2v) is 6.66. The van der Waals surface area contributed by atoms with Crippen molar-refractivity contribution >= 4 is 5.95 Å². The van der Waals surface area contributed by atoms with Crippen LogP contribution >= 0.6 is 0 Å². The maximum absolute atomic E-state index is 4.36. The van der Waals surface area contributed by atoms with Crippen molar-refractivity contribution in [3.63, 3.8) is 0 Å². The van der Waals surface area contributed by atoms with Gasteiger partial charge in [-0.1, -0.05) is 0 Å². The van der Waals surface area contributed by atoms with Gasteiger partial charge in [0.1, 0.15) is 0 Å². The highest BCUT2D eigenvalue weighted by atomic mass is 15.3. The molecule has 0 bridgehead atoms. The first-order chi connectivity index (χ1) is 10.4. The third kappa shape index (κ3) is 3.04. The molecule has 3 fully saturated rings. The second kappa shape index (κ2) is 5.89. The van der Waals surface area contributed by atoms with Gasteiger partial charge in [-0.05, 0) is 44.2 Å². The van der Waals surface area contributed by atoms with Gasteiger partial charge in [0.05, 0.1) is 0 Å². The van der Waals surface area contributed by atoms with Gasteiger partial charge in [0.25, 0.3) is 0 Å². The van der Waals surface area contributed by atoms with Gasteiger partial charge < -0.3 is 10.2 Å². The Balaban J connectivity index is 1.27. The average Bonchev–Trinajstić information content (AvgIpc) is 3.32. The molecule has 2 heterocycles. The summed E-state index contributed by atoms with van der Waals surface area (Å²) in [4.78, 5) is 13.7. The Hall–Kier alpha value is -1.20. The van der Waals surface area contributed by atoms with Crippen LogP contribution in [0.25, 0.3) is 0 Å². The SMILES string of the molecule is c1cnc(N2CCN(C3CCC3CNC3CC3)CC2)nc1. The summed E-state index contributed by atoms with van der Waals surface area (Å²) in [6.45, 7) is 5.66. The van der Waals surface area contributed by atoms with Crippen LogP contribution in [0.4, 0.5) is 5.95 Å². The highest BCUT2D eigenvalue weighted by Crippen LogP contribution is 2.33. The van der Waals surface area contributed by atoms with Gasteiger partial charge in [0, 0.05) is 50.7 Å². The van der Waals surface area contributed by atoms with Crippen molar-refractivity contribution in [3.8, 4) is 0 Å². The number of piperazine rings is 1. The van der Waals surface area contributed by atoms with E-state index >= 15 is 0 Å². The molecule has 0 radical (unpaired) electrons. The van der Waals surface area contributed by atoms with E-state index in [0.29, 0.717) is 0 Å². The smallest absolute Gasteiger partial charge is 0.225 e. The number of nitrogens with one attached hydrogen (secondary N) is 1. The molecule has 2 atom stereocenters. The highest BCUT2D eigenvalue weighted by Gasteiger charge is 2.37. The van der Waals surface area contributed by atoms with Gasteiger partial charge >= 0.3 is 0 Å². The van der Waals surface area contributed by atoms with Crippen LogP contribution in [-0.2, 0) is 0 Å². The molecule has 2 aliphatic carbocycles. The van der Waals surface area contributed by atoms with Crippen LogP contribution in [0.3, 0.4) is 0 Å². The normalized spacial score (nSPS) is 30.2. The molecule has 1 aliphatic heterocycles. The van der Waals surface area contributed by atoms with E-state index in [1.807, 2.05) is 18.5 Å². The quantitative estimate of drug-likeness (QED) is 0.879. The number of hydrogen-bond donors (Lipinski definition) is 1. The molecule has 1 N–H and O–H groups in total. The number of nitrogens with zero attached hydrogens (tertiary/aromatic N) is 4. The average molecular weight is 287 g/mol. The molecule has 1 aromatic heterocycles. The number of anilines is 1. The molecular formula is C16H25N5. The summed E-state index contributed by atoms with van der Waals surface area (Å²) in [6, 6.07) is 3.54. The second-order valence-electron chi connectivity index (χ2n) is 6.66. The molecular weight excluding hydrogens is 262 g/mol. The summed E-state index contributed by atoms with van der Waals surface area (Å²) in [5, 5.41) is 3.71. The van der Waals surface area contributed by atoms with Gasteiger partial charge in [0.15, 0.2) is 0 Å². The Kier molecular flexibility index (Phi) is 3.78. The summed E-state index contributed by atoms with van der Waals surface area (Å²) in [5.41, 5.74) is 0. The lowest BCUT2D eigenvalue weighted by Crippen LogP contribution is -2.57. The molecule has 1 saturated heterocycles. The molecule has 0 amide bonds. The molecule has 1 aromatic rings. The minimum atomic E-state index is 0.815. The van der Waals surface area contributed by atoms with Crippen molar-refractivity contribution in [2.24, 2.45) is 5.92 Å². The van der Waals surface area contributed by atoms with Crippen molar-refractivity contribution in [3.05, 3.63) is 18.5 Å². The lowest BCUT2D eigenvalue weighted by molar-refractivity contribution is 0.0568. The summed E-state index contributed by atoms with van der Waals surface area (Å²) >= 11 is 0. The van der Waals surface area contributed by atoms with Gasteiger partial charge in [-0.25, -0.2) is 9.97 Å². The zero-order chi connectivity index (χ0) is 14.1. The van der Waals surface area contributed by atoms with Gasteiger partial charge in [0.2, 0.25) is 5.95 Å². The molecule has 5 heteroatoms. The lowest BCUT2D eigenvalue weighted by Gasteiger charge is -2.47. The fraction of sp³-hybridized carbons (Fsp3) is 0.750. The molecule has 0 spiro atoms. The first-order valence-corrected chi connectivity index (χ1v) is 8.39. The summed E-state index contributed by atoms with van der Waals surface area (Å²) in [6.07, 6.45) is 9.26. The molecule has 4 rings (SSSR count). The lowest BCUT2D eigenvalue weighted by atomic mass is 9.78. The Morgan fingerprint density at radius 1 is 1.00 bits per heavy atom. The minimum Gasteiger partial charge on any atom is -0.338 e. The van der Waals surface area contributed by atoms with Crippen molar-refractivity contribution in [2.75, 3.05) is 37.6 Å². The van der Waals surface area contributed by atoms with Gasteiger partial charge in [-0.15, -0.1) is 0 Å². The minimum absolute atomic E-state index is 0.815. The Morgan fingerprint density at radius 3 is 2.38 bits per heavy atom. The number of aromatic nitrogens is 2. The fourth-order valence-corrected chi connectivity index (χ4v) is 3.58. The van der Waals surface area contributed by atoms with Gasteiger partial charge in [-0.2, -0.15) is 0 Å². The zero-order valence-electron chi connectivity index (χ0n) is 12.6. The van der Waals surface area contributed by atoms with Crippen molar-refractivity contribution in [2.45, 2.75) is 37.8 Å². The predicted molar refractivity (Wildman–Crippen MR) is 83.4 cm³/mol. The van der Waals surface area contributed by atoms with Crippen molar-refractivity contribution < 1.29 is 0 Å². The molecule has 114 valence electrons. The van der Waals surface area contributed by atoms with E-state index < -0.39 is 0 Å². The van der Waals surface area contributed by atoms with Crippen molar-refractivity contribution in [1.82, 2.24) is 20.2 Å². The van der Waals surface area contributed by atoms with Crippen LogP contribution in [0, 0.1) is 5.92 Å². The predicted octanol–water partition coefficient (Wildman–Crippen LogP) is 1.13. The zero-order valence-corrected chi connectivity index (χ0v) is 12.6. The largest absolute Gasteiger partial charge is 0.338 e. The number of hydrogen-bond acceptors (Lipinski definition) is 5. The molecule has 21 heavy (non-hydrogen) atoms. The standard InChI is InChI=1S/C16H25N5/c1-6-17-16(18-7-1)21-10-8-20(9-11-21)15-5-2-13(15)12-19-14-3-4-14/h1,6-7,13-15,19H,2-5,8-12H2. The maximum Gasteiger partial charge on any atom is 0.225 e. The molecule has 5 nitrogen and oxygen atoms in total. The van der Waals surface area contributed by atoms with Crippen LogP contribution < -0.4 is 10.2 Å². The summed E-state index contributed by atoms with van der Waals surface area (Å²) in [5.74, 6) is 1.77. The van der Waals surface area contributed by atoms with E-state index in [1.54, 1.807) is 0 Å².